The summed E-state index contributed by atoms with van der Waals surface area (Å²) >= 11 is 0. The third-order valence-corrected chi connectivity index (χ3v) is 7.52. The normalized spacial score (nSPS) is 14.9. The minimum Gasteiger partial charge on any atom is -0.448 e. The number of carbonyl (C=O) groups is 2. The Labute approximate surface area is 220 Å². The molecule has 1 aliphatic carbocycles. The second kappa shape index (κ2) is 9.49. The largest absolute Gasteiger partial charge is 0.448 e. The van der Waals surface area contributed by atoms with Crippen LogP contribution < -0.4 is 10.3 Å². The smallest absolute Gasteiger partial charge is 0.409 e. The number of amides is 1. The van der Waals surface area contributed by atoms with Crippen LogP contribution in [-0.2, 0) is 4.74 Å². The molecule has 4 aromatic rings. The Balaban J connectivity index is 1.14. The van der Waals surface area contributed by atoms with Crippen molar-refractivity contribution in [2.24, 2.45) is 0 Å². The van der Waals surface area contributed by atoms with Crippen molar-refractivity contribution >= 4 is 28.7 Å². The fraction of sp³-hybridized carbons (Fsp3) is 0.258. The highest BCUT2D eigenvalue weighted by atomic mass is 16.6. The fourth-order valence-corrected chi connectivity index (χ4v) is 5.60. The molecule has 1 fully saturated rings. The summed E-state index contributed by atoms with van der Waals surface area (Å²) in [4.78, 5) is 41.6. The van der Waals surface area contributed by atoms with E-state index in [1.165, 1.54) is 35.2 Å². The number of benzene rings is 3. The number of hydrogen-bond donors (Lipinski definition) is 0. The van der Waals surface area contributed by atoms with Crippen molar-refractivity contribution < 1.29 is 18.7 Å². The Morgan fingerprint density at radius 2 is 1.55 bits per heavy atom. The average Bonchev–Trinajstić information content (AvgIpc) is 3.25. The van der Waals surface area contributed by atoms with Crippen molar-refractivity contribution in [1.82, 2.24) is 4.90 Å². The van der Waals surface area contributed by atoms with Crippen LogP contribution >= 0.6 is 0 Å². The van der Waals surface area contributed by atoms with Crippen molar-refractivity contribution in [3.63, 3.8) is 0 Å². The van der Waals surface area contributed by atoms with Crippen molar-refractivity contribution in [2.75, 3.05) is 37.7 Å². The topological polar surface area (TPSA) is 80.1 Å². The molecule has 0 saturated carbocycles. The first-order valence-electron chi connectivity index (χ1n) is 12.8. The highest BCUT2D eigenvalue weighted by Gasteiger charge is 2.30. The molecule has 1 amide bonds. The van der Waals surface area contributed by atoms with Gasteiger partial charge in [-0.05, 0) is 53.8 Å². The fourth-order valence-electron chi connectivity index (χ4n) is 5.60. The van der Waals surface area contributed by atoms with Gasteiger partial charge in [0.25, 0.3) is 0 Å². The van der Waals surface area contributed by atoms with E-state index < -0.39 is 0 Å². The lowest BCUT2D eigenvalue weighted by atomic mass is 9.98. The maximum absolute atomic E-state index is 13.0. The number of rotatable bonds is 4. The van der Waals surface area contributed by atoms with Gasteiger partial charge in [-0.25, -0.2) is 4.79 Å². The molecule has 0 N–H and O–H groups in total. The van der Waals surface area contributed by atoms with Gasteiger partial charge in [0.15, 0.2) is 22.7 Å². The van der Waals surface area contributed by atoms with Crippen molar-refractivity contribution in [3.8, 4) is 11.1 Å². The predicted octanol–water partition coefficient (Wildman–Crippen LogP) is 5.38. The lowest BCUT2D eigenvalue weighted by Gasteiger charge is -2.34. The van der Waals surface area contributed by atoms with E-state index in [9.17, 15) is 14.4 Å². The monoisotopic (exact) mass is 508 g/mol. The van der Waals surface area contributed by atoms with E-state index in [4.69, 9.17) is 9.15 Å². The molecular formula is C31H28N2O5. The Kier molecular flexibility index (Phi) is 5.98. The molecule has 1 aromatic heterocycles. The molecule has 0 radical (unpaired) electrons. The molecule has 2 heterocycles. The summed E-state index contributed by atoms with van der Waals surface area (Å²) in [5.41, 5.74) is 6.10. The van der Waals surface area contributed by atoms with Gasteiger partial charge in [0, 0.05) is 38.2 Å². The molecule has 1 saturated heterocycles. The number of Topliss-reactive ketones (excluding diaryl/α,β-unsaturated/α-hetero) is 1. The van der Waals surface area contributed by atoms with Crippen LogP contribution in [0.15, 0.2) is 75.9 Å². The van der Waals surface area contributed by atoms with Gasteiger partial charge in [-0.3, -0.25) is 9.59 Å². The summed E-state index contributed by atoms with van der Waals surface area (Å²) in [5.74, 6) is 0.263. The van der Waals surface area contributed by atoms with Gasteiger partial charge in [-0.15, -0.1) is 0 Å². The van der Waals surface area contributed by atoms with Gasteiger partial charge in [0.1, 0.15) is 6.61 Å². The van der Waals surface area contributed by atoms with Crippen molar-refractivity contribution in [1.29, 1.82) is 0 Å². The Morgan fingerprint density at radius 1 is 0.921 bits per heavy atom. The highest BCUT2D eigenvalue weighted by molar-refractivity contribution is 6.05. The van der Waals surface area contributed by atoms with Gasteiger partial charge in [-0.1, -0.05) is 48.5 Å². The summed E-state index contributed by atoms with van der Waals surface area (Å²) in [5, 5.41) is 0.399. The molecular weight excluding hydrogens is 480 g/mol. The number of fused-ring (bicyclic) bond motifs is 4. The summed E-state index contributed by atoms with van der Waals surface area (Å²) in [7, 11) is 0. The predicted molar refractivity (Wildman–Crippen MR) is 146 cm³/mol. The molecule has 0 unspecified atom stereocenters. The SMILES string of the molecule is CC(=O)c1cc(C)cc2c(=O)cc(N3CCN(C(=O)OCC4c5ccccc5-c5ccccc54)CC3)oc12. The molecule has 6 rings (SSSR count). The zero-order chi connectivity index (χ0) is 26.4. The van der Waals surface area contributed by atoms with E-state index in [1.54, 1.807) is 17.0 Å². The Morgan fingerprint density at radius 3 is 2.18 bits per heavy atom. The zero-order valence-electron chi connectivity index (χ0n) is 21.4. The van der Waals surface area contributed by atoms with E-state index in [0.29, 0.717) is 48.6 Å². The molecule has 7 heteroatoms. The summed E-state index contributed by atoms with van der Waals surface area (Å²) in [6, 6.07) is 21.5. The van der Waals surface area contributed by atoms with E-state index >= 15 is 0 Å². The number of ether oxygens (including phenoxy) is 1. The van der Waals surface area contributed by atoms with Gasteiger partial charge in [0.05, 0.1) is 10.9 Å². The third kappa shape index (κ3) is 4.14. The van der Waals surface area contributed by atoms with E-state index in [-0.39, 0.29) is 29.8 Å². The summed E-state index contributed by atoms with van der Waals surface area (Å²) in [6.07, 6.45) is -0.346. The molecule has 7 nitrogen and oxygen atoms in total. The number of nitrogens with zero attached hydrogens (tertiary/aromatic N) is 2. The first-order valence-corrected chi connectivity index (χ1v) is 12.8. The van der Waals surface area contributed by atoms with Crippen LogP contribution in [0.1, 0.15) is 39.9 Å². The number of anilines is 1. The van der Waals surface area contributed by atoms with E-state index in [0.717, 1.165) is 5.56 Å². The molecule has 2 aliphatic rings. The van der Waals surface area contributed by atoms with Crippen LogP contribution in [0.2, 0.25) is 0 Å². The Bertz CT molecular complexity index is 1590. The molecule has 38 heavy (non-hydrogen) atoms. The van der Waals surface area contributed by atoms with Crippen LogP contribution in [0.4, 0.5) is 10.7 Å². The number of piperazine rings is 1. The van der Waals surface area contributed by atoms with Crippen LogP contribution in [0.5, 0.6) is 0 Å². The van der Waals surface area contributed by atoms with E-state index in [2.05, 4.69) is 24.3 Å². The molecule has 1 aliphatic heterocycles. The standard InChI is InChI=1S/C31H28N2O5/c1-19-15-25(20(2)34)30-26(16-19)28(35)17-29(38-30)32-11-13-33(14-12-32)31(36)37-18-27-23-9-5-3-7-21(23)22-8-4-6-10-24(22)27/h3-10,15-17,27H,11-14,18H2,1-2H3. The number of carbonyl (C=O) groups excluding carboxylic acids is 2. The Hall–Kier alpha value is -4.39. The summed E-state index contributed by atoms with van der Waals surface area (Å²) < 4.78 is 11.9. The van der Waals surface area contributed by atoms with E-state index in [1.807, 2.05) is 36.1 Å². The molecule has 0 bridgehead atoms. The number of ketones is 1. The van der Waals surface area contributed by atoms with Crippen LogP contribution in [0.25, 0.3) is 22.1 Å². The maximum Gasteiger partial charge on any atom is 0.409 e. The van der Waals surface area contributed by atoms with Crippen molar-refractivity contribution in [2.45, 2.75) is 19.8 Å². The molecule has 0 atom stereocenters. The summed E-state index contributed by atoms with van der Waals surface area (Å²) in [6.45, 7) is 5.44. The maximum atomic E-state index is 13.0. The molecule has 3 aromatic carbocycles. The number of hydrogen-bond acceptors (Lipinski definition) is 6. The quantitative estimate of drug-likeness (QED) is 0.345. The minimum absolute atomic E-state index is 0.0126. The second-order valence-electron chi connectivity index (χ2n) is 9.97. The van der Waals surface area contributed by atoms with Gasteiger partial charge in [0.2, 0.25) is 0 Å². The average molecular weight is 509 g/mol. The number of aryl methyl sites for hydroxylation is 1. The lowest BCUT2D eigenvalue weighted by molar-refractivity contribution is 0.0971. The first kappa shape index (κ1) is 24.0. The van der Waals surface area contributed by atoms with Gasteiger partial charge >= 0.3 is 6.09 Å². The van der Waals surface area contributed by atoms with Crippen LogP contribution in [0, 0.1) is 6.92 Å². The zero-order valence-corrected chi connectivity index (χ0v) is 21.4. The van der Waals surface area contributed by atoms with Gasteiger partial charge < -0.3 is 19.0 Å². The van der Waals surface area contributed by atoms with Crippen LogP contribution in [0.3, 0.4) is 0 Å². The van der Waals surface area contributed by atoms with Crippen LogP contribution in [-0.4, -0.2) is 49.6 Å². The first-order chi connectivity index (χ1) is 18.4. The molecule has 192 valence electrons. The second-order valence-corrected chi connectivity index (χ2v) is 9.97. The highest BCUT2D eigenvalue weighted by Crippen LogP contribution is 2.44. The minimum atomic E-state index is -0.346. The molecule has 0 spiro atoms. The lowest BCUT2D eigenvalue weighted by Crippen LogP contribution is -2.49. The van der Waals surface area contributed by atoms with Gasteiger partial charge in [-0.2, -0.15) is 0 Å². The third-order valence-electron chi connectivity index (χ3n) is 7.52. The van der Waals surface area contributed by atoms with Crippen molar-refractivity contribution in [3.05, 3.63) is 99.2 Å².